The van der Waals surface area contributed by atoms with Crippen LogP contribution in [0.15, 0.2) is 33.7 Å². The molecule has 1 atom stereocenters. The fraction of sp³-hybridized carbons (Fsp3) is 0.385. The molecule has 0 aliphatic heterocycles. The van der Waals surface area contributed by atoms with Crippen molar-refractivity contribution in [2.24, 2.45) is 0 Å². The van der Waals surface area contributed by atoms with Gasteiger partial charge in [0.15, 0.2) is 5.82 Å². The highest BCUT2D eigenvalue weighted by molar-refractivity contribution is 7.98. The molecule has 0 saturated carbocycles. The highest BCUT2D eigenvalue weighted by Gasteiger charge is 2.06. The summed E-state index contributed by atoms with van der Waals surface area (Å²) in [6.07, 6.45) is 0.365. The third kappa shape index (κ3) is 3.34. The monoisotopic (exact) mass is 264 g/mol. The maximum absolute atomic E-state index is 9.41. The van der Waals surface area contributed by atoms with Gasteiger partial charge in [-0.2, -0.15) is 4.98 Å². The number of aromatic nitrogens is 2. The lowest BCUT2D eigenvalue weighted by Gasteiger charge is -2.05. The molecule has 0 bridgehead atoms. The molecule has 1 N–H and O–H groups in total. The molecule has 1 aromatic carbocycles. The van der Waals surface area contributed by atoms with Gasteiger partial charge in [0.05, 0.1) is 11.9 Å². The average Bonchev–Trinajstić information content (AvgIpc) is 2.85. The van der Waals surface area contributed by atoms with Gasteiger partial charge in [-0.3, -0.25) is 0 Å². The maximum Gasteiger partial charge on any atom is 0.237 e. The number of hydrogen-bond acceptors (Lipinski definition) is 5. The SMILES string of the molecule is CCc1noc(CSc2ccc(C(C)O)cc2)n1. The summed E-state index contributed by atoms with van der Waals surface area (Å²) in [6.45, 7) is 3.75. The van der Waals surface area contributed by atoms with Crippen LogP contribution in [0.1, 0.15) is 37.2 Å². The second-order valence-electron chi connectivity index (χ2n) is 3.99. The summed E-state index contributed by atoms with van der Waals surface area (Å²) in [5.41, 5.74) is 0.922. The number of aryl methyl sites for hydroxylation is 1. The Bertz CT molecular complexity index is 494. The second kappa shape index (κ2) is 6.02. The fourth-order valence-electron chi connectivity index (χ4n) is 1.48. The van der Waals surface area contributed by atoms with E-state index in [0.29, 0.717) is 11.6 Å². The first-order valence-corrected chi connectivity index (χ1v) is 6.90. The quantitative estimate of drug-likeness (QED) is 0.841. The Labute approximate surface area is 110 Å². The minimum Gasteiger partial charge on any atom is -0.389 e. The van der Waals surface area contributed by atoms with Crippen molar-refractivity contribution in [1.82, 2.24) is 10.1 Å². The van der Waals surface area contributed by atoms with Gasteiger partial charge in [-0.25, -0.2) is 0 Å². The molecule has 18 heavy (non-hydrogen) atoms. The van der Waals surface area contributed by atoms with E-state index >= 15 is 0 Å². The van der Waals surface area contributed by atoms with Crippen molar-refractivity contribution in [3.8, 4) is 0 Å². The molecule has 1 heterocycles. The van der Waals surface area contributed by atoms with E-state index in [1.807, 2.05) is 31.2 Å². The van der Waals surface area contributed by atoms with Gasteiger partial charge in [0, 0.05) is 11.3 Å². The molecular weight excluding hydrogens is 248 g/mol. The molecular formula is C13H16N2O2S. The van der Waals surface area contributed by atoms with Crippen molar-refractivity contribution in [2.75, 3.05) is 0 Å². The first-order chi connectivity index (χ1) is 8.69. The van der Waals surface area contributed by atoms with Crippen molar-refractivity contribution in [3.05, 3.63) is 41.5 Å². The van der Waals surface area contributed by atoms with E-state index in [0.717, 1.165) is 22.7 Å². The highest BCUT2D eigenvalue weighted by atomic mass is 32.2. The second-order valence-corrected chi connectivity index (χ2v) is 5.04. The molecule has 0 spiro atoms. The Balaban J connectivity index is 1.93. The van der Waals surface area contributed by atoms with Crippen LogP contribution in [0.3, 0.4) is 0 Å². The minimum absolute atomic E-state index is 0.424. The van der Waals surface area contributed by atoms with Crippen LogP contribution in [0.25, 0.3) is 0 Å². The van der Waals surface area contributed by atoms with Gasteiger partial charge >= 0.3 is 0 Å². The van der Waals surface area contributed by atoms with Gasteiger partial charge in [-0.1, -0.05) is 24.2 Å². The van der Waals surface area contributed by atoms with E-state index < -0.39 is 6.10 Å². The lowest BCUT2D eigenvalue weighted by Crippen LogP contribution is -1.89. The fourth-order valence-corrected chi connectivity index (χ4v) is 2.22. The van der Waals surface area contributed by atoms with Crippen LogP contribution in [0.2, 0.25) is 0 Å². The maximum atomic E-state index is 9.41. The third-order valence-electron chi connectivity index (χ3n) is 2.55. The summed E-state index contributed by atoms with van der Waals surface area (Å²) >= 11 is 1.64. The molecule has 2 rings (SSSR count). The lowest BCUT2D eigenvalue weighted by molar-refractivity contribution is 0.199. The van der Waals surface area contributed by atoms with Crippen LogP contribution < -0.4 is 0 Å². The number of rotatable bonds is 5. The van der Waals surface area contributed by atoms with Crippen LogP contribution >= 0.6 is 11.8 Å². The lowest BCUT2D eigenvalue weighted by atomic mass is 10.1. The Hall–Kier alpha value is -1.33. The summed E-state index contributed by atoms with van der Waals surface area (Å²) in [5, 5.41) is 13.3. The first-order valence-electron chi connectivity index (χ1n) is 5.91. The summed E-state index contributed by atoms with van der Waals surface area (Å²) in [5.74, 6) is 2.06. The Morgan fingerprint density at radius 1 is 1.33 bits per heavy atom. The largest absolute Gasteiger partial charge is 0.389 e. The highest BCUT2D eigenvalue weighted by Crippen LogP contribution is 2.23. The van der Waals surface area contributed by atoms with E-state index in [4.69, 9.17) is 4.52 Å². The van der Waals surface area contributed by atoms with E-state index in [1.165, 1.54) is 0 Å². The number of benzene rings is 1. The number of hydrogen-bond donors (Lipinski definition) is 1. The van der Waals surface area contributed by atoms with E-state index in [-0.39, 0.29) is 0 Å². The van der Waals surface area contributed by atoms with Gasteiger partial charge in [0.2, 0.25) is 5.89 Å². The van der Waals surface area contributed by atoms with Crippen LogP contribution in [-0.2, 0) is 12.2 Å². The standard InChI is InChI=1S/C13H16N2O2S/c1-3-12-14-13(17-15-12)8-18-11-6-4-10(5-7-11)9(2)16/h4-7,9,16H,3,8H2,1-2H3. The zero-order chi connectivity index (χ0) is 13.0. The van der Waals surface area contributed by atoms with Gasteiger partial charge in [-0.05, 0) is 24.6 Å². The zero-order valence-electron chi connectivity index (χ0n) is 10.5. The van der Waals surface area contributed by atoms with Crippen molar-refractivity contribution >= 4 is 11.8 Å². The van der Waals surface area contributed by atoms with Crippen molar-refractivity contribution in [1.29, 1.82) is 0 Å². The summed E-state index contributed by atoms with van der Waals surface area (Å²) in [7, 11) is 0. The summed E-state index contributed by atoms with van der Waals surface area (Å²) in [4.78, 5) is 5.37. The van der Waals surface area contributed by atoms with Gasteiger partial charge in [-0.15, -0.1) is 11.8 Å². The molecule has 0 amide bonds. The smallest absolute Gasteiger partial charge is 0.237 e. The third-order valence-corrected chi connectivity index (χ3v) is 3.55. The average molecular weight is 264 g/mol. The van der Waals surface area contributed by atoms with Gasteiger partial charge < -0.3 is 9.63 Å². The van der Waals surface area contributed by atoms with E-state index in [1.54, 1.807) is 18.7 Å². The minimum atomic E-state index is -0.424. The Morgan fingerprint density at radius 2 is 2.06 bits per heavy atom. The summed E-state index contributed by atoms with van der Waals surface area (Å²) in [6, 6.07) is 7.84. The van der Waals surface area contributed by atoms with Gasteiger partial charge in [0.25, 0.3) is 0 Å². The molecule has 0 fully saturated rings. The Morgan fingerprint density at radius 3 is 2.61 bits per heavy atom. The molecule has 1 unspecified atom stereocenters. The predicted octanol–water partition coefficient (Wildman–Crippen LogP) is 2.98. The Kier molecular flexibility index (Phi) is 4.38. The predicted molar refractivity (Wildman–Crippen MR) is 70.3 cm³/mol. The molecule has 0 aliphatic rings. The molecule has 1 aromatic heterocycles. The van der Waals surface area contributed by atoms with E-state index in [9.17, 15) is 5.11 Å². The number of nitrogens with zero attached hydrogens (tertiary/aromatic N) is 2. The molecule has 2 aromatic rings. The molecule has 96 valence electrons. The number of aliphatic hydroxyl groups is 1. The summed E-state index contributed by atoms with van der Waals surface area (Å²) < 4.78 is 5.12. The normalized spacial score (nSPS) is 12.6. The number of aliphatic hydroxyl groups excluding tert-OH is 1. The molecule has 0 radical (unpaired) electrons. The molecule has 5 heteroatoms. The molecule has 4 nitrogen and oxygen atoms in total. The number of thioether (sulfide) groups is 1. The van der Waals surface area contributed by atoms with Crippen LogP contribution in [0.5, 0.6) is 0 Å². The van der Waals surface area contributed by atoms with Crippen LogP contribution in [-0.4, -0.2) is 15.2 Å². The molecule has 0 aliphatic carbocycles. The van der Waals surface area contributed by atoms with Crippen LogP contribution in [0, 0.1) is 0 Å². The van der Waals surface area contributed by atoms with Gasteiger partial charge in [0.1, 0.15) is 0 Å². The first kappa shape index (κ1) is 13.1. The van der Waals surface area contributed by atoms with Crippen molar-refractivity contribution < 1.29 is 9.63 Å². The van der Waals surface area contributed by atoms with Crippen molar-refractivity contribution in [2.45, 2.75) is 37.0 Å². The zero-order valence-corrected chi connectivity index (χ0v) is 11.3. The van der Waals surface area contributed by atoms with E-state index in [2.05, 4.69) is 10.1 Å². The topological polar surface area (TPSA) is 59.2 Å². The van der Waals surface area contributed by atoms with Crippen LogP contribution in [0.4, 0.5) is 0 Å². The molecule has 0 saturated heterocycles. The van der Waals surface area contributed by atoms with Crippen molar-refractivity contribution in [3.63, 3.8) is 0 Å².